The average Bonchev–Trinajstić information content (AvgIpc) is 3.01. The number of sulfone groups is 1. The summed E-state index contributed by atoms with van der Waals surface area (Å²) in [5, 5.41) is 4.77. The highest BCUT2D eigenvalue weighted by Crippen LogP contribution is 2.34. The topological polar surface area (TPSA) is 54.3 Å². The molecule has 1 aliphatic heterocycles. The van der Waals surface area contributed by atoms with E-state index in [0.717, 1.165) is 53.9 Å². The van der Waals surface area contributed by atoms with E-state index >= 15 is 0 Å². The van der Waals surface area contributed by atoms with Gasteiger partial charge in [-0.1, -0.05) is 30.3 Å². The summed E-state index contributed by atoms with van der Waals surface area (Å²) in [7, 11) is -3.34. The van der Waals surface area contributed by atoms with Crippen molar-refractivity contribution in [1.29, 1.82) is 0 Å². The molecule has 3 aromatic rings. The van der Waals surface area contributed by atoms with E-state index in [1.807, 2.05) is 41.0 Å². The van der Waals surface area contributed by atoms with Crippen LogP contribution < -0.4 is 10.2 Å². The number of aromatic nitrogens is 1. The van der Waals surface area contributed by atoms with E-state index in [9.17, 15) is 8.42 Å². The fourth-order valence-electron chi connectivity index (χ4n) is 3.85. The van der Waals surface area contributed by atoms with Crippen LogP contribution in [0.1, 0.15) is 11.1 Å². The number of rotatable bonds is 4. The molecule has 5 nitrogen and oxygen atoms in total. The summed E-state index contributed by atoms with van der Waals surface area (Å²) in [6.07, 6.45) is 1.29. The number of hydrogen-bond acceptors (Lipinski definition) is 4. The molecule has 1 saturated heterocycles. The molecule has 27 heavy (non-hydrogen) atoms. The van der Waals surface area contributed by atoms with Gasteiger partial charge in [-0.25, -0.2) is 8.42 Å². The van der Waals surface area contributed by atoms with Crippen molar-refractivity contribution in [3.63, 3.8) is 0 Å². The molecule has 0 saturated carbocycles. The van der Waals surface area contributed by atoms with E-state index in [4.69, 9.17) is 0 Å². The van der Waals surface area contributed by atoms with Crippen molar-refractivity contribution in [2.24, 2.45) is 0 Å². The molecule has 1 aliphatic rings. The van der Waals surface area contributed by atoms with E-state index in [1.54, 1.807) is 0 Å². The van der Waals surface area contributed by atoms with Crippen molar-refractivity contribution >= 4 is 26.4 Å². The van der Waals surface area contributed by atoms with Crippen molar-refractivity contribution in [2.75, 3.05) is 37.3 Å². The molecule has 2 heterocycles. The zero-order valence-corrected chi connectivity index (χ0v) is 16.6. The van der Waals surface area contributed by atoms with Crippen molar-refractivity contribution in [1.82, 2.24) is 9.88 Å². The fourth-order valence-corrected chi connectivity index (χ4v) is 4.75. The van der Waals surface area contributed by atoms with Crippen LogP contribution in [0.25, 0.3) is 10.9 Å². The van der Waals surface area contributed by atoms with Crippen molar-refractivity contribution in [3.05, 3.63) is 59.7 Å². The summed E-state index contributed by atoms with van der Waals surface area (Å²) in [6, 6.07) is 16.1. The lowest BCUT2D eigenvalue weighted by molar-refractivity contribution is 0.589. The number of aryl methyl sites for hydroxylation is 1. The Morgan fingerprint density at radius 3 is 2.41 bits per heavy atom. The van der Waals surface area contributed by atoms with Gasteiger partial charge in [0, 0.05) is 50.1 Å². The van der Waals surface area contributed by atoms with Crippen LogP contribution in [-0.2, 0) is 16.4 Å². The Morgan fingerprint density at radius 1 is 1.04 bits per heavy atom. The summed E-state index contributed by atoms with van der Waals surface area (Å²) >= 11 is 0. The van der Waals surface area contributed by atoms with Crippen molar-refractivity contribution in [2.45, 2.75) is 18.5 Å². The first kappa shape index (κ1) is 18.1. The van der Waals surface area contributed by atoms with E-state index in [2.05, 4.69) is 29.3 Å². The highest BCUT2D eigenvalue weighted by molar-refractivity contribution is 7.90. The Balaban J connectivity index is 1.93. The zero-order chi connectivity index (χ0) is 19.0. The second kappa shape index (κ2) is 7.02. The lowest BCUT2D eigenvalue weighted by atomic mass is 10.1. The van der Waals surface area contributed by atoms with E-state index in [0.29, 0.717) is 11.6 Å². The number of nitrogens with one attached hydrogen (secondary N) is 1. The minimum absolute atomic E-state index is 0.378. The quantitative estimate of drug-likeness (QED) is 0.753. The average molecular weight is 384 g/mol. The maximum atomic E-state index is 12.5. The smallest absolute Gasteiger partial charge is 0.190 e. The number of benzene rings is 2. The lowest BCUT2D eigenvalue weighted by Gasteiger charge is -2.30. The molecule has 0 spiro atoms. The summed E-state index contributed by atoms with van der Waals surface area (Å²) in [4.78, 5) is 2.35. The predicted octanol–water partition coefficient (Wildman–Crippen LogP) is 2.81. The van der Waals surface area contributed by atoms with Gasteiger partial charge in [-0.05, 0) is 36.2 Å². The first-order valence-electron chi connectivity index (χ1n) is 9.27. The van der Waals surface area contributed by atoms with Crippen LogP contribution in [0.2, 0.25) is 0 Å². The largest absolute Gasteiger partial charge is 0.368 e. The minimum Gasteiger partial charge on any atom is -0.368 e. The molecule has 0 atom stereocenters. The first-order valence-corrected chi connectivity index (χ1v) is 11.2. The highest BCUT2D eigenvalue weighted by Gasteiger charge is 2.22. The maximum absolute atomic E-state index is 12.5. The summed E-state index contributed by atoms with van der Waals surface area (Å²) in [5.41, 5.74) is 4.34. The molecule has 142 valence electrons. The molecule has 2 aromatic carbocycles. The van der Waals surface area contributed by atoms with Crippen LogP contribution in [0.5, 0.6) is 0 Å². The number of nitrogens with zero attached hydrogens (tertiary/aromatic N) is 2. The second-order valence-electron chi connectivity index (χ2n) is 7.28. The van der Waals surface area contributed by atoms with Crippen LogP contribution in [0.3, 0.4) is 0 Å². The monoisotopic (exact) mass is 383 g/mol. The van der Waals surface area contributed by atoms with E-state index in [-0.39, 0.29) is 0 Å². The second-order valence-corrected chi connectivity index (χ2v) is 9.24. The molecule has 1 N–H and O–H groups in total. The van der Waals surface area contributed by atoms with Gasteiger partial charge in [-0.3, -0.25) is 0 Å². The van der Waals surface area contributed by atoms with Crippen molar-refractivity contribution < 1.29 is 8.42 Å². The minimum atomic E-state index is -3.34. The summed E-state index contributed by atoms with van der Waals surface area (Å²) in [6.45, 7) is 6.35. The van der Waals surface area contributed by atoms with Crippen LogP contribution >= 0.6 is 0 Å². The third-order valence-electron chi connectivity index (χ3n) is 5.13. The number of hydrogen-bond donors (Lipinski definition) is 1. The van der Waals surface area contributed by atoms with Gasteiger partial charge in [-0.15, -0.1) is 0 Å². The van der Waals surface area contributed by atoms with Gasteiger partial charge in [0.25, 0.3) is 0 Å². The van der Waals surface area contributed by atoms with Gasteiger partial charge in [0.05, 0.1) is 5.52 Å². The van der Waals surface area contributed by atoms with Gasteiger partial charge in [0.1, 0.15) is 5.03 Å². The third-order valence-corrected chi connectivity index (χ3v) is 6.22. The first-order chi connectivity index (χ1) is 12.9. The number of fused-ring (bicyclic) bond motifs is 1. The Bertz CT molecular complexity index is 1070. The van der Waals surface area contributed by atoms with E-state index < -0.39 is 9.84 Å². The maximum Gasteiger partial charge on any atom is 0.190 e. The molecular weight excluding hydrogens is 358 g/mol. The van der Waals surface area contributed by atoms with Crippen molar-refractivity contribution in [3.8, 4) is 0 Å². The number of piperazine rings is 1. The summed E-state index contributed by atoms with van der Waals surface area (Å²) < 4.78 is 27.0. The van der Waals surface area contributed by atoms with Gasteiger partial charge in [-0.2, -0.15) is 0 Å². The molecule has 0 unspecified atom stereocenters. The number of anilines is 1. The molecule has 0 aliphatic carbocycles. The molecule has 0 bridgehead atoms. The standard InChI is InChI=1S/C21H25N3O2S/c1-16-12-19(23-10-8-22-9-11-23)18-14-21(27(2,25)26)24(20(18)13-16)15-17-6-4-3-5-7-17/h3-7,12-14,22H,8-11,15H2,1-2H3. The van der Waals surface area contributed by atoms with Crippen LogP contribution in [0.15, 0.2) is 53.6 Å². The molecule has 6 heteroatoms. The van der Waals surface area contributed by atoms with Crippen LogP contribution in [0.4, 0.5) is 5.69 Å². The highest BCUT2D eigenvalue weighted by atomic mass is 32.2. The predicted molar refractivity (Wildman–Crippen MR) is 110 cm³/mol. The van der Waals surface area contributed by atoms with Crippen LogP contribution in [-0.4, -0.2) is 45.4 Å². The molecule has 4 rings (SSSR count). The van der Waals surface area contributed by atoms with Gasteiger partial charge < -0.3 is 14.8 Å². The normalized spacial score (nSPS) is 15.4. The Kier molecular flexibility index (Phi) is 4.70. The fraction of sp³-hybridized carbons (Fsp3) is 0.333. The molecule has 1 fully saturated rings. The Morgan fingerprint density at radius 2 is 1.74 bits per heavy atom. The molecule has 0 amide bonds. The summed E-state index contributed by atoms with van der Waals surface area (Å²) in [5.74, 6) is 0. The molecular formula is C21H25N3O2S. The lowest BCUT2D eigenvalue weighted by Crippen LogP contribution is -2.43. The molecule has 0 radical (unpaired) electrons. The molecule has 1 aromatic heterocycles. The van der Waals surface area contributed by atoms with E-state index in [1.165, 1.54) is 6.26 Å². The van der Waals surface area contributed by atoms with Crippen LogP contribution in [0, 0.1) is 6.92 Å². The van der Waals surface area contributed by atoms with Gasteiger partial charge >= 0.3 is 0 Å². The third kappa shape index (κ3) is 3.59. The van der Waals surface area contributed by atoms with Gasteiger partial charge in [0.2, 0.25) is 0 Å². The Hall–Kier alpha value is -2.31. The SMILES string of the molecule is Cc1cc(N2CCNCC2)c2cc(S(C)(=O)=O)n(Cc3ccccc3)c2c1. The zero-order valence-electron chi connectivity index (χ0n) is 15.8. The Labute approximate surface area is 160 Å². The van der Waals surface area contributed by atoms with Gasteiger partial charge in [0.15, 0.2) is 9.84 Å².